The highest BCUT2D eigenvalue weighted by atomic mass is 16.6. The highest BCUT2D eigenvalue weighted by Gasteiger charge is 2.29. The van der Waals surface area contributed by atoms with E-state index in [1.165, 1.54) is 6.07 Å². The first kappa shape index (κ1) is 20.6. The Bertz CT molecular complexity index is 708. The summed E-state index contributed by atoms with van der Waals surface area (Å²) in [5.74, 6) is -0.365. The third kappa shape index (κ3) is 5.65. The van der Waals surface area contributed by atoms with Gasteiger partial charge in [0.15, 0.2) is 0 Å². The van der Waals surface area contributed by atoms with Gasteiger partial charge in [-0.1, -0.05) is 12.1 Å². The van der Waals surface area contributed by atoms with Crippen LogP contribution >= 0.6 is 0 Å². The minimum Gasteiger partial charge on any atom is -0.363 e. The Balaban J connectivity index is 1.92. The number of piperazine rings is 1. The molecule has 1 heterocycles. The molecule has 2 rings (SSSR count). The average Bonchev–Trinajstić information content (AvgIpc) is 2.59. The van der Waals surface area contributed by atoms with Crippen LogP contribution in [0, 0.1) is 10.1 Å². The van der Waals surface area contributed by atoms with Gasteiger partial charge in [0.2, 0.25) is 5.91 Å². The first-order chi connectivity index (χ1) is 12.6. The summed E-state index contributed by atoms with van der Waals surface area (Å²) < 4.78 is 0. The molecule has 0 aliphatic carbocycles. The number of nitrogens with one attached hydrogen (secondary N) is 2. The topological polar surface area (TPSA) is 108 Å². The first-order valence-corrected chi connectivity index (χ1v) is 8.94. The highest BCUT2D eigenvalue weighted by Crippen LogP contribution is 2.28. The minimum atomic E-state index is -0.516. The quantitative estimate of drug-likeness (QED) is 0.611. The van der Waals surface area contributed by atoms with Gasteiger partial charge >= 0.3 is 6.03 Å². The van der Waals surface area contributed by atoms with Gasteiger partial charge in [-0.25, -0.2) is 4.79 Å². The molecule has 0 radical (unpaired) electrons. The van der Waals surface area contributed by atoms with Crippen LogP contribution in [-0.2, 0) is 4.79 Å². The van der Waals surface area contributed by atoms with Crippen LogP contribution in [0.5, 0.6) is 0 Å². The maximum Gasteiger partial charge on any atom is 0.321 e. The molecule has 27 heavy (non-hydrogen) atoms. The molecule has 9 heteroatoms. The van der Waals surface area contributed by atoms with Crippen molar-refractivity contribution in [1.82, 2.24) is 15.5 Å². The van der Waals surface area contributed by atoms with Crippen LogP contribution in [-0.4, -0.2) is 59.5 Å². The maximum absolute atomic E-state index is 12.3. The van der Waals surface area contributed by atoms with Gasteiger partial charge in [0, 0.05) is 37.8 Å². The standard InChI is InChI=1S/C18H27N5O4/c1-13(16(24)19-17(25)20-18(2,3)4)21-9-11-22(12-10-21)14-7-5-6-8-15(14)23(26)27/h5-8,13H,9-12H2,1-4H3,(H2,19,20,24,25)/t13-/m1/s1. The summed E-state index contributed by atoms with van der Waals surface area (Å²) in [5.41, 5.74) is 0.239. The second kappa shape index (κ2) is 8.34. The maximum atomic E-state index is 12.3. The highest BCUT2D eigenvalue weighted by molar-refractivity contribution is 5.97. The number of amides is 3. The predicted molar refractivity (Wildman–Crippen MR) is 103 cm³/mol. The van der Waals surface area contributed by atoms with Crippen molar-refractivity contribution in [2.45, 2.75) is 39.3 Å². The summed E-state index contributed by atoms with van der Waals surface area (Å²) in [5, 5.41) is 16.3. The molecule has 3 amide bonds. The van der Waals surface area contributed by atoms with E-state index in [0.717, 1.165) is 0 Å². The smallest absolute Gasteiger partial charge is 0.321 e. The van der Waals surface area contributed by atoms with Crippen molar-refractivity contribution in [1.29, 1.82) is 0 Å². The van der Waals surface area contributed by atoms with Crippen molar-refractivity contribution in [2.75, 3.05) is 31.1 Å². The molecule has 1 saturated heterocycles. The van der Waals surface area contributed by atoms with Crippen LogP contribution in [0.2, 0.25) is 0 Å². The molecule has 1 aliphatic heterocycles. The van der Waals surface area contributed by atoms with Crippen molar-refractivity contribution in [3.63, 3.8) is 0 Å². The Morgan fingerprint density at radius 1 is 1.15 bits per heavy atom. The van der Waals surface area contributed by atoms with Crippen molar-refractivity contribution in [2.24, 2.45) is 0 Å². The van der Waals surface area contributed by atoms with Crippen LogP contribution < -0.4 is 15.5 Å². The number of benzene rings is 1. The molecule has 1 aliphatic rings. The van der Waals surface area contributed by atoms with Gasteiger partial charge in [-0.3, -0.25) is 25.1 Å². The molecule has 148 valence electrons. The monoisotopic (exact) mass is 377 g/mol. The van der Waals surface area contributed by atoms with Gasteiger partial charge < -0.3 is 10.2 Å². The molecule has 0 bridgehead atoms. The number of nitro benzene ring substituents is 1. The Morgan fingerprint density at radius 3 is 2.30 bits per heavy atom. The molecule has 0 spiro atoms. The molecule has 1 fully saturated rings. The fourth-order valence-electron chi connectivity index (χ4n) is 2.99. The molecule has 0 aromatic heterocycles. The summed E-state index contributed by atoms with van der Waals surface area (Å²) >= 11 is 0. The van der Waals surface area contributed by atoms with Crippen LogP contribution in [0.25, 0.3) is 0 Å². The molecule has 9 nitrogen and oxygen atoms in total. The molecule has 2 N–H and O–H groups in total. The van der Waals surface area contributed by atoms with E-state index in [9.17, 15) is 19.7 Å². The normalized spacial score (nSPS) is 16.5. The number of imide groups is 1. The second-order valence-corrected chi connectivity index (χ2v) is 7.64. The van der Waals surface area contributed by atoms with Gasteiger partial charge in [0.05, 0.1) is 11.0 Å². The summed E-state index contributed by atoms with van der Waals surface area (Å²) in [7, 11) is 0. The Hall–Kier alpha value is -2.68. The van der Waals surface area contributed by atoms with Crippen LogP contribution in [0.4, 0.5) is 16.2 Å². The predicted octanol–water partition coefficient (Wildman–Crippen LogP) is 1.73. The number of anilines is 1. The number of carbonyl (C=O) groups is 2. The number of urea groups is 1. The summed E-state index contributed by atoms with van der Waals surface area (Å²) in [6.45, 7) is 9.53. The Labute approximate surface area is 158 Å². The van der Waals surface area contributed by atoms with E-state index in [4.69, 9.17) is 0 Å². The van der Waals surface area contributed by atoms with Crippen molar-refractivity contribution in [3.8, 4) is 0 Å². The molecular formula is C18H27N5O4. The van der Waals surface area contributed by atoms with E-state index < -0.39 is 17.6 Å². The molecule has 1 aromatic rings. The van der Waals surface area contributed by atoms with Crippen molar-refractivity contribution in [3.05, 3.63) is 34.4 Å². The number of nitro groups is 1. The minimum absolute atomic E-state index is 0.0793. The zero-order valence-electron chi connectivity index (χ0n) is 16.2. The van der Waals surface area contributed by atoms with Gasteiger partial charge in [-0.2, -0.15) is 0 Å². The van der Waals surface area contributed by atoms with E-state index in [1.807, 2.05) is 30.6 Å². The third-order valence-corrected chi connectivity index (χ3v) is 4.39. The number of rotatable bonds is 4. The number of nitrogens with zero attached hydrogens (tertiary/aromatic N) is 3. The van der Waals surface area contributed by atoms with Crippen molar-refractivity contribution >= 4 is 23.3 Å². The van der Waals surface area contributed by atoms with E-state index in [1.54, 1.807) is 25.1 Å². The van der Waals surface area contributed by atoms with Gasteiger partial charge in [-0.05, 0) is 33.8 Å². The lowest BCUT2D eigenvalue weighted by Crippen LogP contribution is -2.56. The van der Waals surface area contributed by atoms with E-state index >= 15 is 0 Å². The average molecular weight is 377 g/mol. The van der Waals surface area contributed by atoms with E-state index in [2.05, 4.69) is 10.6 Å². The first-order valence-electron chi connectivity index (χ1n) is 8.94. The van der Waals surface area contributed by atoms with Crippen molar-refractivity contribution < 1.29 is 14.5 Å². The van der Waals surface area contributed by atoms with Crippen LogP contribution in [0.3, 0.4) is 0 Å². The fraction of sp³-hybridized carbons (Fsp3) is 0.556. The van der Waals surface area contributed by atoms with Gasteiger partial charge in [0.25, 0.3) is 5.69 Å². The molecule has 0 saturated carbocycles. The zero-order valence-corrected chi connectivity index (χ0v) is 16.2. The molecule has 0 unspecified atom stereocenters. The second-order valence-electron chi connectivity index (χ2n) is 7.64. The van der Waals surface area contributed by atoms with Gasteiger partial charge in [0.1, 0.15) is 5.69 Å². The number of para-hydroxylation sites is 2. The number of carbonyl (C=O) groups excluding carboxylic acids is 2. The lowest BCUT2D eigenvalue weighted by atomic mass is 10.1. The lowest BCUT2D eigenvalue weighted by molar-refractivity contribution is -0.384. The SMILES string of the molecule is C[C@H](C(=O)NC(=O)NC(C)(C)C)N1CCN(c2ccccc2[N+](=O)[O-])CC1. The van der Waals surface area contributed by atoms with E-state index in [0.29, 0.717) is 31.9 Å². The summed E-state index contributed by atoms with van der Waals surface area (Å²) in [4.78, 5) is 38.9. The van der Waals surface area contributed by atoms with Crippen LogP contribution in [0.1, 0.15) is 27.7 Å². The number of hydrogen-bond acceptors (Lipinski definition) is 6. The van der Waals surface area contributed by atoms with Gasteiger partial charge in [-0.15, -0.1) is 0 Å². The fourth-order valence-corrected chi connectivity index (χ4v) is 2.99. The lowest BCUT2D eigenvalue weighted by Gasteiger charge is -2.38. The molecular weight excluding hydrogens is 350 g/mol. The zero-order chi connectivity index (χ0) is 20.2. The largest absolute Gasteiger partial charge is 0.363 e. The van der Waals surface area contributed by atoms with Crippen LogP contribution in [0.15, 0.2) is 24.3 Å². The molecule has 1 aromatic carbocycles. The number of hydrogen-bond donors (Lipinski definition) is 2. The molecule has 1 atom stereocenters. The third-order valence-electron chi connectivity index (χ3n) is 4.39. The Morgan fingerprint density at radius 2 is 1.74 bits per heavy atom. The van der Waals surface area contributed by atoms with E-state index in [-0.39, 0.29) is 16.5 Å². The summed E-state index contributed by atoms with van der Waals surface area (Å²) in [6, 6.07) is 5.67. The Kier molecular flexibility index (Phi) is 6.37. The summed E-state index contributed by atoms with van der Waals surface area (Å²) in [6.07, 6.45) is 0.